The molecule has 0 fully saturated rings. The lowest BCUT2D eigenvalue weighted by Gasteiger charge is -2.22. The summed E-state index contributed by atoms with van der Waals surface area (Å²) in [5, 5.41) is 0. The summed E-state index contributed by atoms with van der Waals surface area (Å²) in [6.45, 7) is -0.166. The van der Waals surface area contributed by atoms with E-state index in [9.17, 15) is 22.4 Å². The van der Waals surface area contributed by atoms with Crippen molar-refractivity contribution in [1.82, 2.24) is 4.90 Å². The molecule has 0 saturated heterocycles. The zero-order valence-corrected chi connectivity index (χ0v) is 10.9. The summed E-state index contributed by atoms with van der Waals surface area (Å²) in [5.74, 6) is -6.54. The summed E-state index contributed by atoms with van der Waals surface area (Å²) in [7, 11) is 1.06. The molecule has 1 aromatic rings. The van der Waals surface area contributed by atoms with Crippen LogP contribution in [0.15, 0.2) is 28.7 Å². The first-order valence-corrected chi connectivity index (χ1v) is 5.70. The molecule has 0 bridgehead atoms. The lowest BCUT2D eigenvalue weighted by Crippen LogP contribution is -2.45. The topological polar surface area (TPSA) is 20.3 Å². The first-order chi connectivity index (χ1) is 8.25. The SMILES string of the molecule is CN(Cc1cccc(Br)c1)C(=O)C(F)(F)C(F)F. The average molecular weight is 328 g/mol. The van der Waals surface area contributed by atoms with Crippen molar-refractivity contribution in [2.75, 3.05) is 7.05 Å². The Morgan fingerprint density at radius 2 is 2.06 bits per heavy atom. The van der Waals surface area contributed by atoms with Gasteiger partial charge >= 0.3 is 12.3 Å². The standard InChI is InChI=1S/C11H10BrF4NO/c1-17(10(18)11(15,16)9(13)14)6-7-3-2-4-8(12)5-7/h2-5,9H,6H2,1H3. The number of halogens is 5. The molecule has 0 aromatic heterocycles. The van der Waals surface area contributed by atoms with Gasteiger partial charge in [0.15, 0.2) is 0 Å². The van der Waals surface area contributed by atoms with Gasteiger partial charge in [0.05, 0.1) is 0 Å². The van der Waals surface area contributed by atoms with Gasteiger partial charge in [0, 0.05) is 18.1 Å². The minimum absolute atomic E-state index is 0.166. The second kappa shape index (κ2) is 5.69. The Morgan fingerprint density at radius 1 is 1.44 bits per heavy atom. The molecule has 18 heavy (non-hydrogen) atoms. The second-order valence-corrected chi connectivity index (χ2v) is 4.63. The minimum Gasteiger partial charge on any atom is -0.336 e. The quantitative estimate of drug-likeness (QED) is 0.777. The van der Waals surface area contributed by atoms with Crippen molar-refractivity contribution in [2.24, 2.45) is 0 Å². The molecular formula is C11H10BrF4NO. The summed E-state index contributed by atoms with van der Waals surface area (Å²) >= 11 is 3.18. The van der Waals surface area contributed by atoms with Crippen molar-refractivity contribution in [2.45, 2.75) is 18.9 Å². The fraction of sp³-hybridized carbons (Fsp3) is 0.364. The summed E-state index contributed by atoms with van der Waals surface area (Å²) < 4.78 is 50.4. The van der Waals surface area contributed by atoms with Crippen LogP contribution in [0.25, 0.3) is 0 Å². The molecule has 0 unspecified atom stereocenters. The van der Waals surface area contributed by atoms with Crippen LogP contribution < -0.4 is 0 Å². The van der Waals surface area contributed by atoms with Crippen LogP contribution in [0.3, 0.4) is 0 Å². The van der Waals surface area contributed by atoms with Gasteiger partial charge in [-0.3, -0.25) is 4.79 Å². The molecule has 100 valence electrons. The fourth-order valence-corrected chi connectivity index (χ4v) is 1.78. The van der Waals surface area contributed by atoms with Gasteiger partial charge in [0.1, 0.15) is 0 Å². The molecule has 0 radical (unpaired) electrons. The van der Waals surface area contributed by atoms with E-state index in [1.807, 2.05) is 0 Å². The summed E-state index contributed by atoms with van der Waals surface area (Å²) in [4.78, 5) is 11.8. The van der Waals surface area contributed by atoms with Gasteiger partial charge in [0.25, 0.3) is 5.91 Å². The predicted molar refractivity (Wildman–Crippen MR) is 61.6 cm³/mol. The van der Waals surface area contributed by atoms with Crippen LogP contribution in [0, 0.1) is 0 Å². The van der Waals surface area contributed by atoms with E-state index in [-0.39, 0.29) is 6.54 Å². The highest BCUT2D eigenvalue weighted by Crippen LogP contribution is 2.25. The van der Waals surface area contributed by atoms with Gasteiger partial charge in [-0.1, -0.05) is 28.1 Å². The lowest BCUT2D eigenvalue weighted by molar-refractivity contribution is -0.179. The molecule has 1 rings (SSSR count). The van der Waals surface area contributed by atoms with Crippen LogP contribution in [0.1, 0.15) is 5.56 Å². The summed E-state index contributed by atoms with van der Waals surface area (Å²) in [5.41, 5.74) is 0.560. The Hall–Kier alpha value is -1.11. The molecule has 0 aliphatic heterocycles. The largest absolute Gasteiger partial charge is 0.383 e. The number of nitrogens with zero attached hydrogens (tertiary/aromatic N) is 1. The summed E-state index contributed by atoms with van der Waals surface area (Å²) in [6, 6.07) is 6.60. The molecular weight excluding hydrogens is 318 g/mol. The third-order valence-electron chi connectivity index (χ3n) is 2.21. The molecule has 7 heteroatoms. The van der Waals surface area contributed by atoms with E-state index >= 15 is 0 Å². The third-order valence-corrected chi connectivity index (χ3v) is 2.71. The highest BCUT2D eigenvalue weighted by Gasteiger charge is 2.50. The van der Waals surface area contributed by atoms with Gasteiger partial charge in [-0.05, 0) is 17.7 Å². The van der Waals surface area contributed by atoms with E-state index in [2.05, 4.69) is 15.9 Å². The number of rotatable bonds is 4. The van der Waals surface area contributed by atoms with Crippen LogP contribution in [-0.4, -0.2) is 30.2 Å². The van der Waals surface area contributed by atoms with E-state index < -0.39 is 18.3 Å². The Labute approximate surface area is 110 Å². The second-order valence-electron chi connectivity index (χ2n) is 3.71. The van der Waals surface area contributed by atoms with Gasteiger partial charge in [-0.15, -0.1) is 0 Å². The smallest absolute Gasteiger partial charge is 0.336 e. The monoisotopic (exact) mass is 327 g/mol. The Kier molecular flexibility index (Phi) is 4.72. The Balaban J connectivity index is 2.77. The van der Waals surface area contributed by atoms with E-state index in [0.29, 0.717) is 14.9 Å². The van der Waals surface area contributed by atoms with Crippen molar-refractivity contribution < 1.29 is 22.4 Å². The normalized spacial score (nSPS) is 11.7. The predicted octanol–water partition coefficient (Wildman–Crippen LogP) is 3.31. The molecule has 0 N–H and O–H groups in total. The molecule has 0 atom stereocenters. The van der Waals surface area contributed by atoms with Crippen molar-refractivity contribution in [1.29, 1.82) is 0 Å². The van der Waals surface area contributed by atoms with Crippen LogP contribution in [0.5, 0.6) is 0 Å². The molecule has 0 spiro atoms. The number of amides is 1. The highest BCUT2D eigenvalue weighted by atomic mass is 79.9. The molecule has 0 saturated carbocycles. The number of benzene rings is 1. The minimum atomic E-state index is -4.65. The van der Waals surface area contributed by atoms with E-state index in [1.54, 1.807) is 24.3 Å². The van der Waals surface area contributed by atoms with E-state index in [0.717, 1.165) is 7.05 Å². The number of alkyl halides is 4. The van der Waals surface area contributed by atoms with E-state index in [4.69, 9.17) is 0 Å². The van der Waals surface area contributed by atoms with Crippen molar-refractivity contribution in [3.63, 3.8) is 0 Å². The third kappa shape index (κ3) is 3.44. The van der Waals surface area contributed by atoms with Crippen molar-refractivity contribution >= 4 is 21.8 Å². The Morgan fingerprint density at radius 3 is 2.56 bits per heavy atom. The van der Waals surface area contributed by atoms with Crippen molar-refractivity contribution in [3.05, 3.63) is 34.3 Å². The van der Waals surface area contributed by atoms with Gasteiger partial charge < -0.3 is 4.90 Å². The number of hydrogen-bond donors (Lipinski definition) is 0. The van der Waals surface area contributed by atoms with Crippen LogP contribution in [-0.2, 0) is 11.3 Å². The lowest BCUT2D eigenvalue weighted by atomic mass is 10.2. The zero-order valence-electron chi connectivity index (χ0n) is 9.34. The highest BCUT2D eigenvalue weighted by molar-refractivity contribution is 9.10. The van der Waals surface area contributed by atoms with Crippen molar-refractivity contribution in [3.8, 4) is 0 Å². The van der Waals surface area contributed by atoms with Gasteiger partial charge in [-0.2, -0.15) is 8.78 Å². The molecule has 1 amide bonds. The first kappa shape index (κ1) is 14.9. The molecule has 0 aliphatic rings. The molecule has 0 aliphatic carbocycles. The molecule has 2 nitrogen and oxygen atoms in total. The van der Waals surface area contributed by atoms with Crippen LogP contribution >= 0.6 is 15.9 Å². The fourth-order valence-electron chi connectivity index (χ4n) is 1.33. The van der Waals surface area contributed by atoms with Gasteiger partial charge in [0.2, 0.25) is 0 Å². The first-order valence-electron chi connectivity index (χ1n) is 4.91. The summed E-state index contributed by atoms with van der Waals surface area (Å²) in [6.07, 6.45) is -4.00. The number of carbonyl (C=O) groups excluding carboxylic acids is 1. The molecule has 0 heterocycles. The zero-order chi connectivity index (χ0) is 13.9. The maximum atomic E-state index is 12.8. The average Bonchev–Trinajstić information content (AvgIpc) is 2.27. The number of hydrogen-bond acceptors (Lipinski definition) is 1. The molecule has 1 aromatic carbocycles. The van der Waals surface area contributed by atoms with Gasteiger partial charge in [-0.25, -0.2) is 8.78 Å². The van der Waals surface area contributed by atoms with Crippen LogP contribution in [0.4, 0.5) is 17.6 Å². The van der Waals surface area contributed by atoms with E-state index in [1.165, 1.54) is 0 Å². The number of carbonyl (C=O) groups is 1. The maximum absolute atomic E-state index is 12.8. The van der Waals surface area contributed by atoms with Crippen LogP contribution in [0.2, 0.25) is 0 Å². The maximum Gasteiger partial charge on any atom is 0.383 e. The Bertz CT molecular complexity index is 439.